The van der Waals surface area contributed by atoms with Crippen LogP contribution < -0.4 is 20.1 Å². The van der Waals surface area contributed by atoms with E-state index in [0.29, 0.717) is 0 Å². The van der Waals surface area contributed by atoms with E-state index in [2.05, 4.69) is 25.1 Å². The molecule has 1 atom stereocenters. The summed E-state index contributed by atoms with van der Waals surface area (Å²) in [5, 5.41) is 18.2. The molecule has 0 aliphatic heterocycles. The SMILES string of the molecule is COC(=O)c1cc(OCC(=O)NC[C@@H](O)CCNC(=O)COc2ccc(Cl)c(F)c2)no1. The van der Waals surface area contributed by atoms with Crippen molar-refractivity contribution < 1.29 is 42.6 Å². The number of amides is 2. The highest BCUT2D eigenvalue weighted by molar-refractivity contribution is 6.30. The maximum Gasteiger partial charge on any atom is 0.377 e. The zero-order chi connectivity index (χ0) is 23.5. The summed E-state index contributed by atoms with van der Waals surface area (Å²) >= 11 is 5.56. The highest BCUT2D eigenvalue weighted by Crippen LogP contribution is 2.20. The second kappa shape index (κ2) is 12.5. The molecule has 2 aromatic rings. The molecule has 0 aliphatic carbocycles. The van der Waals surface area contributed by atoms with Crippen LogP contribution in [0.25, 0.3) is 0 Å². The number of aliphatic hydroxyl groups is 1. The summed E-state index contributed by atoms with van der Waals surface area (Å²) in [6, 6.07) is 4.97. The number of aromatic nitrogens is 1. The van der Waals surface area contributed by atoms with Crippen LogP contribution in [0, 0.1) is 5.82 Å². The molecular weight excluding hydrogens is 453 g/mol. The molecule has 2 amide bonds. The van der Waals surface area contributed by atoms with E-state index in [1.807, 2.05) is 0 Å². The first-order valence-corrected chi connectivity index (χ1v) is 9.63. The fraction of sp³-hybridized carbons (Fsp3) is 0.368. The molecule has 32 heavy (non-hydrogen) atoms. The Hall–Kier alpha value is -3.38. The molecule has 0 radical (unpaired) electrons. The monoisotopic (exact) mass is 473 g/mol. The summed E-state index contributed by atoms with van der Waals surface area (Å²) in [6.45, 7) is -0.713. The Bertz CT molecular complexity index is 939. The van der Waals surface area contributed by atoms with E-state index in [9.17, 15) is 23.9 Å². The van der Waals surface area contributed by atoms with Gasteiger partial charge in [0.25, 0.3) is 17.7 Å². The second-order valence-electron chi connectivity index (χ2n) is 6.27. The predicted octanol–water partition coefficient (Wildman–Crippen LogP) is 0.695. The molecule has 0 bridgehead atoms. The van der Waals surface area contributed by atoms with Gasteiger partial charge in [0, 0.05) is 19.2 Å². The highest BCUT2D eigenvalue weighted by Gasteiger charge is 2.15. The zero-order valence-corrected chi connectivity index (χ0v) is 17.7. The lowest BCUT2D eigenvalue weighted by molar-refractivity contribution is -0.124. The van der Waals surface area contributed by atoms with E-state index in [-0.39, 0.29) is 48.5 Å². The van der Waals surface area contributed by atoms with E-state index in [1.54, 1.807) is 0 Å². The molecule has 3 N–H and O–H groups in total. The minimum Gasteiger partial charge on any atom is -0.484 e. The van der Waals surface area contributed by atoms with E-state index in [0.717, 1.165) is 6.07 Å². The molecule has 11 nitrogen and oxygen atoms in total. The molecule has 0 fully saturated rings. The Balaban J connectivity index is 1.57. The number of benzene rings is 1. The van der Waals surface area contributed by atoms with E-state index >= 15 is 0 Å². The second-order valence-corrected chi connectivity index (χ2v) is 6.68. The topological polar surface area (TPSA) is 149 Å². The fourth-order valence-electron chi connectivity index (χ4n) is 2.19. The van der Waals surface area contributed by atoms with Crippen molar-refractivity contribution in [1.29, 1.82) is 0 Å². The van der Waals surface area contributed by atoms with Crippen LogP contribution >= 0.6 is 11.6 Å². The van der Waals surface area contributed by atoms with Gasteiger partial charge in [-0.25, -0.2) is 9.18 Å². The number of carbonyl (C=O) groups is 3. The van der Waals surface area contributed by atoms with Crippen LogP contribution in [-0.2, 0) is 14.3 Å². The zero-order valence-electron chi connectivity index (χ0n) is 16.9. The lowest BCUT2D eigenvalue weighted by atomic mass is 10.2. The van der Waals surface area contributed by atoms with Crippen LogP contribution in [0.1, 0.15) is 17.0 Å². The molecule has 2 rings (SSSR count). The first-order chi connectivity index (χ1) is 15.3. The number of hydrogen-bond acceptors (Lipinski definition) is 9. The quantitative estimate of drug-likeness (QED) is 0.378. The Kier molecular flexibility index (Phi) is 9.70. The number of carbonyl (C=O) groups excluding carboxylic acids is 3. The van der Waals surface area contributed by atoms with Gasteiger partial charge in [-0.2, -0.15) is 0 Å². The number of methoxy groups -OCH3 is 1. The lowest BCUT2D eigenvalue weighted by Gasteiger charge is -2.13. The summed E-state index contributed by atoms with van der Waals surface area (Å²) < 4.78 is 32.6. The van der Waals surface area contributed by atoms with Crippen LogP contribution in [0.4, 0.5) is 4.39 Å². The molecule has 0 saturated carbocycles. The highest BCUT2D eigenvalue weighted by atomic mass is 35.5. The Morgan fingerprint density at radius 3 is 2.62 bits per heavy atom. The Labute approximate surface area is 186 Å². The van der Waals surface area contributed by atoms with Gasteiger partial charge in [0.2, 0.25) is 5.76 Å². The van der Waals surface area contributed by atoms with Gasteiger partial charge in [0.1, 0.15) is 11.6 Å². The van der Waals surface area contributed by atoms with E-state index in [4.69, 9.17) is 21.1 Å². The minimum absolute atomic E-state index is 0.0553. The minimum atomic E-state index is -0.927. The third-order valence-corrected chi connectivity index (χ3v) is 4.13. The number of hydrogen-bond donors (Lipinski definition) is 3. The molecule has 1 heterocycles. The largest absolute Gasteiger partial charge is 0.484 e. The first kappa shape index (κ1) is 24.9. The van der Waals surface area contributed by atoms with Crippen molar-refractivity contribution in [2.45, 2.75) is 12.5 Å². The molecule has 0 unspecified atom stereocenters. The average Bonchev–Trinajstić information content (AvgIpc) is 3.25. The van der Waals surface area contributed by atoms with Gasteiger partial charge >= 0.3 is 5.97 Å². The molecule has 1 aromatic carbocycles. The van der Waals surface area contributed by atoms with Crippen molar-refractivity contribution in [1.82, 2.24) is 15.8 Å². The van der Waals surface area contributed by atoms with Gasteiger partial charge in [-0.1, -0.05) is 11.6 Å². The number of nitrogens with zero attached hydrogens (tertiary/aromatic N) is 1. The fourth-order valence-corrected chi connectivity index (χ4v) is 2.31. The van der Waals surface area contributed by atoms with Gasteiger partial charge in [0.05, 0.1) is 24.3 Å². The third-order valence-electron chi connectivity index (χ3n) is 3.82. The van der Waals surface area contributed by atoms with Crippen molar-refractivity contribution in [2.75, 3.05) is 33.4 Å². The number of esters is 1. The number of ether oxygens (including phenoxy) is 3. The van der Waals surface area contributed by atoms with Crippen molar-refractivity contribution in [3.63, 3.8) is 0 Å². The van der Waals surface area contributed by atoms with Crippen LogP contribution in [0.2, 0.25) is 5.02 Å². The first-order valence-electron chi connectivity index (χ1n) is 9.25. The van der Waals surface area contributed by atoms with Crippen molar-refractivity contribution in [2.24, 2.45) is 0 Å². The van der Waals surface area contributed by atoms with Gasteiger partial charge < -0.3 is 34.5 Å². The van der Waals surface area contributed by atoms with Crippen molar-refractivity contribution >= 4 is 29.4 Å². The normalized spacial score (nSPS) is 11.4. The summed E-state index contributed by atoms with van der Waals surface area (Å²) in [6.07, 6.45) is -0.766. The molecule has 174 valence electrons. The summed E-state index contributed by atoms with van der Waals surface area (Å²) in [7, 11) is 1.17. The number of nitrogens with one attached hydrogen (secondary N) is 2. The molecule has 0 aliphatic rings. The maximum absolute atomic E-state index is 13.3. The summed E-state index contributed by atoms with van der Waals surface area (Å²) in [5.74, 6) is -2.51. The van der Waals surface area contributed by atoms with Crippen LogP contribution in [0.15, 0.2) is 28.8 Å². The van der Waals surface area contributed by atoms with Gasteiger partial charge in [-0.05, 0) is 23.7 Å². The molecular formula is C19H21ClFN3O8. The summed E-state index contributed by atoms with van der Waals surface area (Å²) in [4.78, 5) is 34.7. The standard InChI is InChI=1S/C19H21ClFN3O8/c1-29-19(28)15-7-18(24-32-15)31-10-17(27)23-8-11(25)4-5-22-16(26)9-30-12-2-3-13(20)14(21)6-12/h2-3,6-7,11,25H,4-5,8-10H2,1H3,(H,22,26)(H,23,27)/t11-/m0/s1. The Morgan fingerprint density at radius 1 is 1.19 bits per heavy atom. The Morgan fingerprint density at radius 2 is 1.91 bits per heavy atom. The van der Waals surface area contributed by atoms with E-state index in [1.165, 1.54) is 25.3 Å². The molecule has 0 saturated heterocycles. The van der Waals surface area contributed by atoms with Gasteiger partial charge in [-0.15, -0.1) is 0 Å². The number of aliphatic hydroxyl groups excluding tert-OH is 1. The van der Waals surface area contributed by atoms with Crippen LogP contribution in [-0.4, -0.2) is 67.6 Å². The number of halogens is 2. The maximum atomic E-state index is 13.3. The molecule has 0 spiro atoms. The third kappa shape index (κ3) is 8.40. The van der Waals surface area contributed by atoms with Crippen LogP contribution in [0.3, 0.4) is 0 Å². The van der Waals surface area contributed by atoms with Crippen LogP contribution in [0.5, 0.6) is 11.6 Å². The summed E-state index contributed by atoms with van der Waals surface area (Å²) in [5.41, 5.74) is 0. The van der Waals surface area contributed by atoms with E-state index < -0.39 is 36.3 Å². The smallest absolute Gasteiger partial charge is 0.377 e. The number of rotatable bonds is 12. The molecule has 1 aromatic heterocycles. The van der Waals surface area contributed by atoms with Gasteiger partial charge in [-0.3, -0.25) is 9.59 Å². The van der Waals surface area contributed by atoms with Crippen molar-refractivity contribution in [3.8, 4) is 11.6 Å². The predicted molar refractivity (Wildman–Crippen MR) is 107 cm³/mol. The van der Waals surface area contributed by atoms with Crippen molar-refractivity contribution in [3.05, 3.63) is 40.9 Å². The lowest BCUT2D eigenvalue weighted by Crippen LogP contribution is -2.37. The molecule has 13 heteroatoms. The van der Waals surface area contributed by atoms with Gasteiger partial charge in [0.15, 0.2) is 13.2 Å². The average molecular weight is 474 g/mol.